The first-order chi connectivity index (χ1) is 9.56. The molecule has 4 nitrogen and oxygen atoms in total. The van der Waals surface area contributed by atoms with Crippen LogP contribution in [0.25, 0.3) is 0 Å². The summed E-state index contributed by atoms with van der Waals surface area (Å²) in [6.45, 7) is 8.19. The highest BCUT2D eigenvalue weighted by Gasteiger charge is 2.02. The molecular weight excluding hydrogens is 250 g/mol. The molecule has 20 heavy (non-hydrogen) atoms. The van der Waals surface area contributed by atoms with Crippen LogP contribution in [0.3, 0.4) is 0 Å². The van der Waals surface area contributed by atoms with Crippen molar-refractivity contribution in [2.75, 3.05) is 20.7 Å². The first-order valence-electron chi connectivity index (χ1n) is 7.14. The van der Waals surface area contributed by atoms with E-state index in [-0.39, 0.29) is 0 Å². The molecule has 1 aromatic carbocycles. The Bertz CT molecular complexity index is 441. The van der Waals surface area contributed by atoms with Gasteiger partial charge in [0.05, 0.1) is 7.11 Å². The molecule has 0 fully saturated rings. The van der Waals surface area contributed by atoms with Crippen molar-refractivity contribution < 1.29 is 4.74 Å². The Morgan fingerprint density at radius 1 is 1.30 bits per heavy atom. The van der Waals surface area contributed by atoms with Gasteiger partial charge in [-0.1, -0.05) is 26.0 Å². The Balaban J connectivity index is 2.46. The number of aryl methyl sites for hydroxylation is 1. The molecular formula is C16H27N3O. The van der Waals surface area contributed by atoms with Crippen molar-refractivity contribution in [2.24, 2.45) is 10.9 Å². The number of rotatable bonds is 6. The van der Waals surface area contributed by atoms with Gasteiger partial charge < -0.3 is 15.4 Å². The summed E-state index contributed by atoms with van der Waals surface area (Å²) in [7, 11) is 3.49. The van der Waals surface area contributed by atoms with Crippen LogP contribution in [0, 0.1) is 12.8 Å². The lowest BCUT2D eigenvalue weighted by Crippen LogP contribution is -2.37. The third kappa shape index (κ3) is 5.51. The zero-order chi connectivity index (χ0) is 15.0. The molecule has 0 unspecified atom stereocenters. The van der Waals surface area contributed by atoms with E-state index in [0.717, 1.165) is 36.8 Å². The summed E-state index contributed by atoms with van der Waals surface area (Å²) in [4.78, 5) is 4.23. The van der Waals surface area contributed by atoms with Crippen LogP contribution in [-0.2, 0) is 6.54 Å². The van der Waals surface area contributed by atoms with Crippen molar-refractivity contribution in [3.05, 3.63) is 29.3 Å². The van der Waals surface area contributed by atoms with Gasteiger partial charge in [-0.2, -0.15) is 0 Å². The van der Waals surface area contributed by atoms with Gasteiger partial charge >= 0.3 is 0 Å². The van der Waals surface area contributed by atoms with E-state index >= 15 is 0 Å². The molecule has 1 rings (SSSR count). The summed E-state index contributed by atoms with van der Waals surface area (Å²) >= 11 is 0. The maximum absolute atomic E-state index is 5.27. The molecule has 0 aliphatic heterocycles. The minimum absolute atomic E-state index is 0.699. The molecule has 112 valence electrons. The van der Waals surface area contributed by atoms with Gasteiger partial charge in [0.15, 0.2) is 5.96 Å². The van der Waals surface area contributed by atoms with Gasteiger partial charge in [0, 0.05) is 20.1 Å². The Hall–Kier alpha value is -1.71. The predicted octanol–water partition coefficient (Wildman–Crippen LogP) is 2.71. The van der Waals surface area contributed by atoms with Gasteiger partial charge in [0.25, 0.3) is 0 Å². The van der Waals surface area contributed by atoms with E-state index in [2.05, 4.69) is 48.5 Å². The summed E-state index contributed by atoms with van der Waals surface area (Å²) in [5.74, 6) is 2.47. The standard InChI is InChI=1S/C16H27N3O/c1-12(2)8-9-18-16(17-4)19-11-14-6-7-15(20-5)13(3)10-14/h6-7,10,12H,8-9,11H2,1-5H3,(H2,17,18,19). The number of ether oxygens (including phenoxy) is 1. The van der Waals surface area contributed by atoms with Crippen molar-refractivity contribution in [3.63, 3.8) is 0 Å². The van der Waals surface area contributed by atoms with Gasteiger partial charge in [-0.25, -0.2) is 0 Å². The Kier molecular flexibility index (Phi) is 6.91. The maximum atomic E-state index is 5.27. The van der Waals surface area contributed by atoms with E-state index in [9.17, 15) is 0 Å². The topological polar surface area (TPSA) is 45.7 Å². The first-order valence-corrected chi connectivity index (χ1v) is 7.14. The smallest absolute Gasteiger partial charge is 0.191 e. The van der Waals surface area contributed by atoms with E-state index in [0.29, 0.717) is 5.92 Å². The molecule has 1 aromatic rings. The molecule has 4 heteroatoms. The van der Waals surface area contributed by atoms with Gasteiger partial charge in [-0.3, -0.25) is 4.99 Å². The Morgan fingerprint density at radius 3 is 2.60 bits per heavy atom. The molecule has 0 atom stereocenters. The molecule has 0 aliphatic carbocycles. The van der Waals surface area contributed by atoms with Crippen LogP contribution in [-0.4, -0.2) is 26.7 Å². The van der Waals surface area contributed by atoms with Crippen LogP contribution in [0.15, 0.2) is 23.2 Å². The quantitative estimate of drug-likeness (QED) is 0.621. The normalized spacial score (nSPS) is 11.6. The fourth-order valence-electron chi connectivity index (χ4n) is 1.94. The average molecular weight is 277 g/mol. The van der Waals surface area contributed by atoms with Crippen LogP contribution in [0.4, 0.5) is 0 Å². The second-order valence-electron chi connectivity index (χ2n) is 5.34. The second-order valence-corrected chi connectivity index (χ2v) is 5.34. The van der Waals surface area contributed by atoms with Crippen LogP contribution >= 0.6 is 0 Å². The van der Waals surface area contributed by atoms with E-state index in [1.165, 1.54) is 5.56 Å². The highest BCUT2D eigenvalue weighted by atomic mass is 16.5. The predicted molar refractivity (Wildman–Crippen MR) is 85.4 cm³/mol. The van der Waals surface area contributed by atoms with Gasteiger partial charge in [-0.05, 0) is 36.5 Å². The molecule has 2 N–H and O–H groups in total. The first kappa shape index (κ1) is 16.3. The third-order valence-corrected chi connectivity index (χ3v) is 3.16. The lowest BCUT2D eigenvalue weighted by molar-refractivity contribution is 0.411. The number of hydrogen-bond acceptors (Lipinski definition) is 2. The number of nitrogens with zero attached hydrogens (tertiary/aromatic N) is 1. The molecule has 0 amide bonds. The van der Waals surface area contributed by atoms with Gasteiger partial charge in [0.2, 0.25) is 0 Å². The summed E-state index contributed by atoms with van der Waals surface area (Å²) in [6.07, 6.45) is 1.14. The number of benzene rings is 1. The van der Waals surface area contributed by atoms with Crippen molar-refractivity contribution in [3.8, 4) is 5.75 Å². The lowest BCUT2D eigenvalue weighted by Gasteiger charge is -2.13. The third-order valence-electron chi connectivity index (χ3n) is 3.16. The highest BCUT2D eigenvalue weighted by molar-refractivity contribution is 5.79. The SMILES string of the molecule is CN=C(NCCC(C)C)NCc1ccc(OC)c(C)c1. The zero-order valence-corrected chi connectivity index (χ0v) is 13.3. The molecule has 0 radical (unpaired) electrons. The molecule has 0 aromatic heterocycles. The molecule has 0 bridgehead atoms. The molecule has 0 heterocycles. The van der Waals surface area contributed by atoms with Crippen LogP contribution in [0.1, 0.15) is 31.4 Å². The zero-order valence-electron chi connectivity index (χ0n) is 13.3. The molecule has 0 saturated carbocycles. The van der Waals surface area contributed by atoms with Gasteiger partial charge in [-0.15, -0.1) is 0 Å². The van der Waals surface area contributed by atoms with E-state index in [1.54, 1.807) is 14.2 Å². The number of nitrogens with one attached hydrogen (secondary N) is 2. The summed E-state index contributed by atoms with van der Waals surface area (Å²) < 4.78 is 5.27. The van der Waals surface area contributed by atoms with Crippen molar-refractivity contribution in [2.45, 2.75) is 33.7 Å². The summed E-state index contributed by atoms with van der Waals surface area (Å²) in [5, 5.41) is 6.64. The minimum Gasteiger partial charge on any atom is -0.496 e. The summed E-state index contributed by atoms with van der Waals surface area (Å²) in [6, 6.07) is 6.20. The number of methoxy groups -OCH3 is 1. The highest BCUT2D eigenvalue weighted by Crippen LogP contribution is 2.18. The second kappa shape index (κ2) is 8.46. The molecule has 0 aliphatic rings. The van der Waals surface area contributed by atoms with Crippen molar-refractivity contribution in [1.29, 1.82) is 0 Å². The number of aliphatic imine (C=N–C) groups is 1. The maximum Gasteiger partial charge on any atom is 0.191 e. The fraction of sp³-hybridized carbons (Fsp3) is 0.562. The fourth-order valence-corrected chi connectivity index (χ4v) is 1.94. The minimum atomic E-state index is 0.699. The van der Waals surface area contributed by atoms with E-state index in [1.807, 2.05) is 6.07 Å². The Labute approximate surface area is 122 Å². The van der Waals surface area contributed by atoms with Gasteiger partial charge in [0.1, 0.15) is 5.75 Å². The largest absolute Gasteiger partial charge is 0.496 e. The molecule has 0 saturated heterocycles. The van der Waals surface area contributed by atoms with Crippen molar-refractivity contribution in [1.82, 2.24) is 10.6 Å². The number of guanidine groups is 1. The summed E-state index contributed by atoms with van der Waals surface area (Å²) in [5.41, 5.74) is 2.37. The van der Waals surface area contributed by atoms with Crippen LogP contribution in [0.5, 0.6) is 5.75 Å². The van der Waals surface area contributed by atoms with E-state index in [4.69, 9.17) is 4.74 Å². The van der Waals surface area contributed by atoms with Crippen LogP contribution < -0.4 is 15.4 Å². The Morgan fingerprint density at radius 2 is 2.05 bits per heavy atom. The molecule has 0 spiro atoms. The van der Waals surface area contributed by atoms with E-state index < -0.39 is 0 Å². The lowest BCUT2D eigenvalue weighted by atomic mass is 10.1. The average Bonchev–Trinajstić information content (AvgIpc) is 2.42. The monoisotopic (exact) mass is 277 g/mol. The number of hydrogen-bond donors (Lipinski definition) is 2. The van der Waals surface area contributed by atoms with Crippen LogP contribution in [0.2, 0.25) is 0 Å². The van der Waals surface area contributed by atoms with Crippen molar-refractivity contribution >= 4 is 5.96 Å².